The first-order chi connectivity index (χ1) is 9.05. The Kier molecular flexibility index (Phi) is 6.90. The quantitative estimate of drug-likeness (QED) is 0.691. The maximum Gasteiger partial charge on any atom is 0.241 e. The first-order valence-corrected chi connectivity index (χ1v) is 8.13. The van der Waals surface area contributed by atoms with Gasteiger partial charge in [-0.3, -0.25) is 0 Å². The third-order valence-corrected chi connectivity index (χ3v) is 5.08. The second-order valence-corrected chi connectivity index (χ2v) is 6.64. The predicted octanol–water partition coefficient (Wildman–Crippen LogP) is 0.407. The molecule has 0 saturated heterocycles. The van der Waals surface area contributed by atoms with Gasteiger partial charge >= 0.3 is 0 Å². The van der Waals surface area contributed by atoms with Gasteiger partial charge in [-0.2, -0.15) is 0 Å². The lowest BCUT2D eigenvalue weighted by Crippen LogP contribution is -2.35. The first kappa shape index (κ1) is 16.5. The number of hydrogen-bond donors (Lipinski definition) is 2. The molecule has 1 aromatic rings. The van der Waals surface area contributed by atoms with Gasteiger partial charge < -0.3 is 14.8 Å². The van der Waals surface area contributed by atoms with E-state index >= 15 is 0 Å². The van der Waals surface area contributed by atoms with E-state index in [1.165, 1.54) is 18.4 Å². The van der Waals surface area contributed by atoms with Crippen LogP contribution < -0.4 is 10.0 Å². The van der Waals surface area contributed by atoms with Gasteiger partial charge in [0.25, 0.3) is 0 Å². The standard InChI is InChI=1S/C11H20N2O4S2/c1-12-7-10-11(4-5-18-10)19(14,15)13-6-9(17-3)8-16-2/h4-5,9,12-13H,6-8H2,1-3H3. The van der Waals surface area contributed by atoms with Gasteiger partial charge in [0, 0.05) is 32.2 Å². The highest BCUT2D eigenvalue weighted by atomic mass is 32.2. The molecule has 1 heterocycles. The minimum Gasteiger partial charge on any atom is -0.382 e. The summed E-state index contributed by atoms with van der Waals surface area (Å²) in [6, 6.07) is 1.61. The van der Waals surface area contributed by atoms with Crippen molar-refractivity contribution in [1.29, 1.82) is 0 Å². The van der Waals surface area contributed by atoms with E-state index in [1.54, 1.807) is 25.6 Å². The summed E-state index contributed by atoms with van der Waals surface area (Å²) in [7, 11) is 1.34. The van der Waals surface area contributed by atoms with E-state index in [0.29, 0.717) is 18.0 Å². The number of methoxy groups -OCH3 is 2. The number of rotatable bonds is 9. The molecule has 0 aliphatic heterocycles. The van der Waals surface area contributed by atoms with E-state index in [4.69, 9.17) is 9.47 Å². The predicted molar refractivity (Wildman–Crippen MR) is 74.9 cm³/mol. The van der Waals surface area contributed by atoms with Crippen molar-refractivity contribution in [1.82, 2.24) is 10.0 Å². The third-order valence-electron chi connectivity index (χ3n) is 2.52. The second kappa shape index (κ2) is 7.93. The van der Waals surface area contributed by atoms with Crippen LogP contribution in [0.15, 0.2) is 16.3 Å². The van der Waals surface area contributed by atoms with E-state index < -0.39 is 10.0 Å². The summed E-state index contributed by atoms with van der Waals surface area (Å²) in [6.07, 6.45) is -0.300. The molecule has 0 aliphatic rings. The summed E-state index contributed by atoms with van der Waals surface area (Å²) in [4.78, 5) is 1.11. The molecule has 6 nitrogen and oxygen atoms in total. The molecule has 19 heavy (non-hydrogen) atoms. The monoisotopic (exact) mass is 308 g/mol. The van der Waals surface area contributed by atoms with Gasteiger partial charge in [-0.15, -0.1) is 11.3 Å². The number of thiophene rings is 1. The van der Waals surface area contributed by atoms with Crippen LogP contribution in [0.5, 0.6) is 0 Å². The van der Waals surface area contributed by atoms with E-state index in [-0.39, 0.29) is 12.6 Å². The molecule has 2 N–H and O–H groups in total. The lowest BCUT2D eigenvalue weighted by molar-refractivity contribution is 0.0320. The maximum absolute atomic E-state index is 12.2. The van der Waals surface area contributed by atoms with Crippen molar-refractivity contribution in [2.75, 3.05) is 34.4 Å². The maximum atomic E-state index is 12.2. The molecule has 1 rings (SSSR count). The van der Waals surface area contributed by atoms with Crippen LogP contribution in [-0.4, -0.2) is 48.9 Å². The summed E-state index contributed by atoms with van der Waals surface area (Å²) < 4.78 is 37.0. The Balaban J connectivity index is 2.72. The van der Waals surface area contributed by atoms with Gasteiger partial charge in [0.2, 0.25) is 10.0 Å². The topological polar surface area (TPSA) is 76.7 Å². The second-order valence-electron chi connectivity index (χ2n) is 3.90. The summed E-state index contributed by atoms with van der Waals surface area (Å²) in [5, 5.41) is 4.72. The highest BCUT2D eigenvalue weighted by Gasteiger charge is 2.20. The fourth-order valence-corrected chi connectivity index (χ4v) is 4.05. The Morgan fingerprint density at radius 2 is 2.16 bits per heavy atom. The molecule has 1 atom stereocenters. The summed E-state index contributed by atoms with van der Waals surface area (Å²) in [5.74, 6) is 0. The van der Waals surface area contributed by atoms with Crippen LogP contribution in [0.1, 0.15) is 4.88 Å². The minimum atomic E-state index is -3.51. The molecule has 1 aromatic heterocycles. The molecular weight excluding hydrogens is 288 g/mol. The molecule has 0 saturated carbocycles. The van der Waals surface area contributed by atoms with Crippen molar-refractivity contribution < 1.29 is 17.9 Å². The number of hydrogen-bond acceptors (Lipinski definition) is 6. The molecule has 0 spiro atoms. The van der Waals surface area contributed by atoms with Gasteiger partial charge in [-0.05, 0) is 18.5 Å². The van der Waals surface area contributed by atoms with Gasteiger partial charge in [0.05, 0.1) is 17.6 Å². The van der Waals surface area contributed by atoms with Crippen molar-refractivity contribution >= 4 is 21.4 Å². The van der Waals surface area contributed by atoms with E-state index in [2.05, 4.69) is 10.0 Å². The Bertz CT molecular complexity index is 473. The summed E-state index contributed by atoms with van der Waals surface area (Å²) >= 11 is 1.41. The van der Waals surface area contributed by atoms with E-state index in [0.717, 1.165) is 4.88 Å². The van der Waals surface area contributed by atoms with Crippen LogP contribution in [0.2, 0.25) is 0 Å². The number of nitrogens with one attached hydrogen (secondary N) is 2. The SMILES string of the molecule is CNCc1sccc1S(=O)(=O)NCC(COC)OC. The average Bonchev–Trinajstić information content (AvgIpc) is 2.84. The molecule has 0 bridgehead atoms. The van der Waals surface area contributed by atoms with Crippen molar-refractivity contribution in [3.8, 4) is 0 Å². The smallest absolute Gasteiger partial charge is 0.241 e. The van der Waals surface area contributed by atoms with Crippen LogP contribution >= 0.6 is 11.3 Å². The van der Waals surface area contributed by atoms with E-state index in [9.17, 15) is 8.42 Å². The molecule has 8 heteroatoms. The molecule has 1 unspecified atom stereocenters. The van der Waals surface area contributed by atoms with Gasteiger partial charge in [-0.1, -0.05) is 0 Å². The Morgan fingerprint density at radius 3 is 2.74 bits per heavy atom. The highest BCUT2D eigenvalue weighted by molar-refractivity contribution is 7.89. The summed E-state index contributed by atoms with van der Waals surface area (Å²) in [6.45, 7) is 1.05. The van der Waals surface area contributed by atoms with Crippen molar-refractivity contribution in [2.24, 2.45) is 0 Å². The normalized spacial score (nSPS) is 13.6. The Morgan fingerprint density at radius 1 is 1.42 bits per heavy atom. The zero-order valence-electron chi connectivity index (χ0n) is 11.3. The zero-order chi connectivity index (χ0) is 14.3. The summed E-state index contributed by atoms with van der Waals surface area (Å²) in [5.41, 5.74) is 0. The molecule has 0 fully saturated rings. The number of ether oxygens (including phenoxy) is 2. The van der Waals surface area contributed by atoms with Crippen molar-refractivity contribution in [2.45, 2.75) is 17.5 Å². The minimum absolute atomic E-state index is 0.182. The van der Waals surface area contributed by atoms with Crippen molar-refractivity contribution in [3.63, 3.8) is 0 Å². The third kappa shape index (κ3) is 4.83. The number of sulfonamides is 1. The zero-order valence-corrected chi connectivity index (χ0v) is 12.9. The van der Waals surface area contributed by atoms with Gasteiger partial charge in [0.1, 0.15) is 0 Å². The fraction of sp³-hybridized carbons (Fsp3) is 0.636. The van der Waals surface area contributed by atoms with Crippen LogP contribution in [0.25, 0.3) is 0 Å². The largest absolute Gasteiger partial charge is 0.382 e. The van der Waals surface area contributed by atoms with Crippen LogP contribution in [0, 0.1) is 0 Å². The van der Waals surface area contributed by atoms with Gasteiger partial charge in [0.15, 0.2) is 0 Å². The average molecular weight is 308 g/mol. The highest BCUT2D eigenvalue weighted by Crippen LogP contribution is 2.21. The molecule has 0 aliphatic carbocycles. The lowest BCUT2D eigenvalue weighted by Gasteiger charge is -2.15. The van der Waals surface area contributed by atoms with Crippen LogP contribution in [0.4, 0.5) is 0 Å². The van der Waals surface area contributed by atoms with Crippen molar-refractivity contribution in [3.05, 3.63) is 16.3 Å². The molecule has 110 valence electrons. The Labute approximate surface area is 118 Å². The molecule has 0 aromatic carbocycles. The molecule has 0 amide bonds. The van der Waals surface area contributed by atoms with Crippen LogP contribution in [-0.2, 0) is 26.0 Å². The van der Waals surface area contributed by atoms with E-state index in [1.807, 2.05) is 0 Å². The van der Waals surface area contributed by atoms with Gasteiger partial charge in [-0.25, -0.2) is 13.1 Å². The van der Waals surface area contributed by atoms with Crippen LogP contribution in [0.3, 0.4) is 0 Å². The fourth-order valence-electron chi connectivity index (χ4n) is 1.53. The molecular formula is C11H20N2O4S2. The Hall–Kier alpha value is -0.510. The molecule has 0 radical (unpaired) electrons. The first-order valence-electron chi connectivity index (χ1n) is 5.77. The lowest BCUT2D eigenvalue weighted by atomic mass is 10.4.